The number of aliphatic hydroxyl groups is 1. The highest BCUT2D eigenvalue weighted by Crippen LogP contribution is 1.73. The van der Waals surface area contributed by atoms with E-state index in [9.17, 15) is 4.79 Å². The molecule has 0 bridgehead atoms. The van der Waals surface area contributed by atoms with Gasteiger partial charge in [-0.05, 0) is 6.92 Å². The SMILES string of the molecule is C=C.CC(O)C(=O)O. The summed E-state index contributed by atoms with van der Waals surface area (Å²) in [6.45, 7) is 7.20. The summed E-state index contributed by atoms with van der Waals surface area (Å²) in [5.74, 6) is -1.19. The van der Waals surface area contributed by atoms with E-state index in [1.54, 1.807) is 0 Å². The Kier molecular flexibility index (Phi) is 7.88. The standard InChI is InChI=1S/C3H6O3.C2H4/c1-2(4)3(5)6;1-2/h2,4H,1H3,(H,5,6);1-2H2. The van der Waals surface area contributed by atoms with Crippen molar-refractivity contribution in [2.45, 2.75) is 13.0 Å². The molecular weight excluding hydrogens is 108 g/mol. The molecule has 0 aromatic heterocycles. The van der Waals surface area contributed by atoms with Gasteiger partial charge in [-0.2, -0.15) is 0 Å². The van der Waals surface area contributed by atoms with Crippen molar-refractivity contribution in [2.24, 2.45) is 0 Å². The highest BCUT2D eigenvalue weighted by molar-refractivity contribution is 5.71. The minimum atomic E-state index is -1.23. The fourth-order valence-electron chi connectivity index (χ4n) is 0. The van der Waals surface area contributed by atoms with Crippen molar-refractivity contribution in [3.63, 3.8) is 0 Å². The molecule has 0 aromatic carbocycles. The van der Waals surface area contributed by atoms with E-state index in [-0.39, 0.29) is 0 Å². The van der Waals surface area contributed by atoms with Crippen LogP contribution >= 0.6 is 0 Å². The first-order valence-corrected chi connectivity index (χ1v) is 2.05. The van der Waals surface area contributed by atoms with E-state index >= 15 is 0 Å². The first-order chi connectivity index (χ1) is 3.64. The van der Waals surface area contributed by atoms with E-state index in [2.05, 4.69) is 13.2 Å². The number of rotatable bonds is 1. The van der Waals surface area contributed by atoms with Gasteiger partial charge in [-0.1, -0.05) is 0 Å². The maximum atomic E-state index is 9.45. The van der Waals surface area contributed by atoms with Crippen LogP contribution in [-0.4, -0.2) is 22.3 Å². The average molecular weight is 118 g/mol. The average Bonchev–Trinajstić information content (AvgIpc) is 1.72. The number of carboxylic acids is 1. The van der Waals surface area contributed by atoms with E-state index < -0.39 is 12.1 Å². The molecule has 0 aromatic rings. The molecule has 0 heterocycles. The molecule has 0 saturated heterocycles. The summed E-state index contributed by atoms with van der Waals surface area (Å²) < 4.78 is 0. The van der Waals surface area contributed by atoms with E-state index in [0.29, 0.717) is 0 Å². The number of carbonyl (C=O) groups is 1. The van der Waals surface area contributed by atoms with Gasteiger partial charge in [0.05, 0.1) is 0 Å². The smallest absolute Gasteiger partial charge is 0.332 e. The minimum Gasteiger partial charge on any atom is -0.479 e. The van der Waals surface area contributed by atoms with E-state index in [1.165, 1.54) is 6.92 Å². The maximum Gasteiger partial charge on any atom is 0.332 e. The van der Waals surface area contributed by atoms with Gasteiger partial charge in [0.15, 0.2) is 0 Å². The predicted octanol–water partition coefficient (Wildman–Crippen LogP) is 0.254. The summed E-state index contributed by atoms with van der Waals surface area (Å²) >= 11 is 0. The largest absolute Gasteiger partial charge is 0.479 e. The highest BCUT2D eigenvalue weighted by atomic mass is 16.4. The maximum absolute atomic E-state index is 9.45. The molecule has 2 N–H and O–H groups in total. The van der Waals surface area contributed by atoms with Crippen molar-refractivity contribution in [1.29, 1.82) is 0 Å². The van der Waals surface area contributed by atoms with Crippen LogP contribution in [0.5, 0.6) is 0 Å². The topological polar surface area (TPSA) is 57.5 Å². The number of aliphatic hydroxyl groups excluding tert-OH is 1. The van der Waals surface area contributed by atoms with E-state index in [0.717, 1.165) is 0 Å². The van der Waals surface area contributed by atoms with Gasteiger partial charge in [-0.3, -0.25) is 0 Å². The van der Waals surface area contributed by atoms with Crippen LogP contribution in [0, 0.1) is 0 Å². The van der Waals surface area contributed by atoms with E-state index in [1.807, 2.05) is 0 Å². The molecular formula is C5H10O3. The third-order valence-corrected chi connectivity index (χ3v) is 0.357. The zero-order chi connectivity index (χ0) is 7.15. The van der Waals surface area contributed by atoms with Gasteiger partial charge in [-0.15, -0.1) is 13.2 Å². The summed E-state index contributed by atoms with van der Waals surface area (Å²) in [4.78, 5) is 9.45. The fraction of sp³-hybridized carbons (Fsp3) is 0.400. The van der Waals surface area contributed by atoms with Crippen molar-refractivity contribution in [2.75, 3.05) is 0 Å². The summed E-state index contributed by atoms with van der Waals surface area (Å²) in [6.07, 6.45) is -1.23. The van der Waals surface area contributed by atoms with Crippen molar-refractivity contribution >= 4 is 5.97 Å². The Morgan fingerprint density at radius 1 is 1.62 bits per heavy atom. The van der Waals surface area contributed by atoms with Gasteiger partial charge in [0.2, 0.25) is 0 Å². The van der Waals surface area contributed by atoms with Crippen LogP contribution in [0.1, 0.15) is 6.92 Å². The molecule has 1 unspecified atom stereocenters. The Morgan fingerprint density at radius 2 is 1.75 bits per heavy atom. The molecule has 0 aliphatic rings. The molecule has 1 atom stereocenters. The molecule has 0 fully saturated rings. The Balaban J connectivity index is 0. The summed E-state index contributed by atoms with van der Waals surface area (Å²) in [7, 11) is 0. The van der Waals surface area contributed by atoms with Gasteiger partial charge in [0.1, 0.15) is 6.10 Å². The molecule has 8 heavy (non-hydrogen) atoms. The van der Waals surface area contributed by atoms with Crippen LogP contribution in [-0.2, 0) is 4.79 Å². The number of hydrogen-bond donors (Lipinski definition) is 2. The molecule has 3 nitrogen and oxygen atoms in total. The molecule has 0 amide bonds. The minimum absolute atomic E-state index is 1.19. The Hall–Kier alpha value is -0.830. The molecule has 0 aliphatic carbocycles. The van der Waals surface area contributed by atoms with Crippen LogP contribution in [0.4, 0.5) is 0 Å². The van der Waals surface area contributed by atoms with Gasteiger partial charge >= 0.3 is 5.97 Å². The number of hydrogen-bond acceptors (Lipinski definition) is 2. The van der Waals surface area contributed by atoms with Gasteiger partial charge in [-0.25, -0.2) is 4.79 Å². The van der Waals surface area contributed by atoms with Crippen LogP contribution in [0.25, 0.3) is 0 Å². The second-order valence-corrected chi connectivity index (χ2v) is 1.01. The van der Waals surface area contributed by atoms with Crippen LogP contribution in [0.3, 0.4) is 0 Å². The summed E-state index contributed by atoms with van der Waals surface area (Å²) in [6, 6.07) is 0. The first kappa shape index (κ1) is 10.2. The van der Waals surface area contributed by atoms with Gasteiger partial charge in [0, 0.05) is 0 Å². The highest BCUT2D eigenvalue weighted by Gasteiger charge is 2.01. The van der Waals surface area contributed by atoms with Crippen molar-refractivity contribution in [3.8, 4) is 0 Å². The van der Waals surface area contributed by atoms with Gasteiger partial charge < -0.3 is 10.2 Å². The van der Waals surface area contributed by atoms with Crippen molar-refractivity contribution in [1.82, 2.24) is 0 Å². The lowest BCUT2D eigenvalue weighted by atomic mass is 10.4. The Morgan fingerprint density at radius 3 is 1.75 bits per heavy atom. The lowest BCUT2D eigenvalue weighted by Gasteiger charge is -1.89. The third-order valence-electron chi connectivity index (χ3n) is 0.357. The van der Waals surface area contributed by atoms with Gasteiger partial charge in [0.25, 0.3) is 0 Å². The summed E-state index contributed by atoms with van der Waals surface area (Å²) in [5.41, 5.74) is 0. The predicted molar refractivity (Wildman–Crippen MR) is 30.6 cm³/mol. The monoisotopic (exact) mass is 118 g/mol. The molecule has 0 spiro atoms. The molecule has 0 saturated carbocycles. The molecule has 0 aliphatic heterocycles. The first-order valence-electron chi connectivity index (χ1n) is 2.05. The van der Waals surface area contributed by atoms with Crippen LogP contribution < -0.4 is 0 Å². The van der Waals surface area contributed by atoms with Crippen molar-refractivity contribution < 1.29 is 15.0 Å². The van der Waals surface area contributed by atoms with Crippen molar-refractivity contribution in [3.05, 3.63) is 13.2 Å². The second-order valence-electron chi connectivity index (χ2n) is 1.01. The van der Waals surface area contributed by atoms with Crippen LogP contribution in [0.2, 0.25) is 0 Å². The molecule has 0 radical (unpaired) electrons. The second kappa shape index (κ2) is 6.17. The molecule has 48 valence electrons. The van der Waals surface area contributed by atoms with Crippen LogP contribution in [0.15, 0.2) is 13.2 Å². The third kappa shape index (κ3) is 8.95. The Bertz CT molecular complexity index is 68.1. The number of carboxylic acid groups (broad SMARTS) is 1. The zero-order valence-electron chi connectivity index (χ0n) is 4.79. The normalized spacial score (nSPS) is 10.8. The lowest BCUT2D eigenvalue weighted by molar-refractivity contribution is -0.145. The fourth-order valence-corrected chi connectivity index (χ4v) is 0. The summed E-state index contributed by atoms with van der Waals surface area (Å²) in [5, 5.41) is 15.8. The quantitative estimate of drug-likeness (QED) is 0.485. The number of aliphatic carboxylic acids is 1. The lowest BCUT2D eigenvalue weighted by Crippen LogP contribution is -2.13. The molecule has 0 rings (SSSR count). The zero-order valence-corrected chi connectivity index (χ0v) is 4.79. The van der Waals surface area contributed by atoms with E-state index in [4.69, 9.17) is 10.2 Å². The molecule has 3 heteroatoms. The Labute approximate surface area is 48.3 Å².